The van der Waals surface area contributed by atoms with Crippen LogP contribution in [0.4, 0.5) is 0 Å². The molecule has 0 aliphatic heterocycles. The molecule has 0 saturated carbocycles. The van der Waals surface area contributed by atoms with Crippen LogP contribution < -0.4 is 4.74 Å². The van der Waals surface area contributed by atoms with Gasteiger partial charge in [-0.25, -0.2) is 0 Å². The van der Waals surface area contributed by atoms with Gasteiger partial charge in [0.15, 0.2) is 0 Å². The van der Waals surface area contributed by atoms with E-state index in [0.717, 1.165) is 20.9 Å². The lowest BCUT2D eigenvalue weighted by Gasteiger charge is -2.19. The second-order valence-corrected chi connectivity index (χ2v) is 7.43. The van der Waals surface area contributed by atoms with E-state index in [0.29, 0.717) is 15.8 Å². The molecule has 1 atom stereocenters. The number of benzene rings is 2. The van der Waals surface area contributed by atoms with Crippen molar-refractivity contribution < 1.29 is 9.66 Å². The molecule has 0 spiro atoms. The van der Waals surface area contributed by atoms with Crippen molar-refractivity contribution in [3.05, 3.63) is 72.8 Å². The van der Waals surface area contributed by atoms with Gasteiger partial charge in [0.2, 0.25) is 6.54 Å². The zero-order valence-corrected chi connectivity index (χ0v) is 16.7. The van der Waals surface area contributed by atoms with Gasteiger partial charge < -0.3 is 9.72 Å². The predicted molar refractivity (Wildman–Crippen MR) is 108 cm³/mol. The van der Waals surface area contributed by atoms with Gasteiger partial charge in [-0.05, 0) is 39.7 Å². The molecule has 1 N–H and O–H groups in total. The number of nitro groups is 1. The second kappa shape index (κ2) is 7.94. The van der Waals surface area contributed by atoms with Crippen LogP contribution in [0, 0.1) is 22.5 Å². The van der Waals surface area contributed by atoms with Gasteiger partial charge >= 0.3 is 0 Å². The van der Waals surface area contributed by atoms with Crippen LogP contribution >= 0.6 is 31.9 Å². The van der Waals surface area contributed by atoms with Gasteiger partial charge in [0.1, 0.15) is 12.4 Å². The minimum Gasteiger partial charge on any atom is -0.479 e. The van der Waals surface area contributed by atoms with Crippen LogP contribution in [0.1, 0.15) is 17.0 Å². The first-order chi connectivity index (χ1) is 12.5. The van der Waals surface area contributed by atoms with Gasteiger partial charge in [-0.1, -0.05) is 40.0 Å². The third kappa shape index (κ3) is 3.76. The summed E-state index contributed by atoms with van der Waals surface area (Å²) in [6.07, 6.45) is 7.14. The maximum atomic E-state index is 11.4. The standard InChI is InChI=1S/C19H14Br2N2O3/c1-2-7-26-19-14(8-12(20)9-17(19)21)16(11-23(24)25)15-10-22-18-6-4-3-5-13(15)18/h1,3-6,8-10,16,22H,7,11H2/t16-/m1/s1. The maximum Gasteiger partial charge on any atom is 0.214 e. The van der Waals surface area contributed by atoms with E-state index in [2.05, 4.69) is 42.8 Å². The summed E-state index contributed by atoms with van der Waals surface area (Å²) in [4.78, 5) is 14.3. The van der Waals surface area contributed by atoms with E-state index in [-0.39, 0.29) is 18.1 Å². The molecule has 7 heteroatoms. The Balaban J connectivity index is 2.20. The average Bonchev–Trinajstić information content (AvgIpc) is 3.02. The average molecular weight is 478 g/mol. The predicted octanol–water partition coefficient (Wildman–Crippen LogP) is 5.11. The lowest BCUT2D eigenvalue weighted by molar-refractivity contribution is -0.481. The van der Waals surface area contributed by atoms with Gasteiger partial charge in [-0.15, -0.1) is 6.42 Å². The molecule has 0 fully saturated rings. The van der Waals surface area contributed by atoms with Gasteiger partial charge in [0.05, 0.1) is 10.4 Å². The highest BCUT2D eigenvalue weighted by atomic mass is 79.9. The molecule has 3 aromatic rings. The Labute approximate surface area is 167 Å². The number of terminal acetylenes is 1. The minimum atomic E-state index is -0.497. The number of rotatable bonds is 6. The molecule has 0 aliphatic rings. The Hall–Kier alpha value is -2.30. The summed E-state index contributed by atoms with van der Waals surface area (Å²) in [7, 11) is 0. The summed E-state index contributed by atoms with van der Waals surface area (Å²) < 4.78 is 7.19. The molecule has 0 unspecified atom stereocenters. The highest BCUT2D eigenvalue weighted by molar-refractivity contribution is 9.11. The molecule has 0 radical (unpaired) electrons. The van der Waals surface area contributed by atoms with Crippen molar-refractivity contribution in [3.8, 4) is 18.1 Å². The number of para-hydroxylation sites is 1. The van der Waals surface area contributed by atoms with Crippen LogP contribution in [-0.2, 0) is 0 Å². The van der Waals surface area contributed by atoms with Crippen molar-refractivity contribution in [2.75, 3.05) is 13.2 Å². The number of aromatic amines is 1. The number of halogens is 2. The number of nitrogens with one attached hydrogen (secondary N) is 1. The van der Waals surface area contributed by atoms with Crippen molar-refractivity contribution in [1.82, 2.24) is 4.98 Å². The molecule has 0 aliphatic carbocycles. The molecule has 3 rings (SSSR count). The largest absolute Gasteiger partial charge is 0.479 e. The van der Waals surface area contributed by atoms with Crippen molar-refractivity contribution in [2.24, 2.45) is 0 Å². The maximum absolute atomic E-state index is 11.4. The normalized spacial score (nSPS) is 11.9. The van der Waals surface area contributed by atoms with E-state index < -0.39 is 5.92 Å². The molecule has 0 amide bonds. The number of hydrogen-bond acceptors (Lipinski definition) is 3. The number of nitrogens with zero attached hydrogens (tertiary/aromatic N) is 1. The van der Waals surface area contributed by atoms with Gasteiger partial charge in [-0.3, -0.25) is 10.1 Å². The quantitative estimate of drug-likeness (QED) is 0.304. The third-order valence-electron chi connectivity index (χ3n) is 4.04. The molecular weight excluding hydrogens is 464 g/mol. The first-order valence-corrected chi connectivity index (χ1v) is 9.33. The first-order valence-electron chi connectivity index (χ1n) is 7.74. The summed E-state index contributed by atoms with van der Waals surface area (Å²) in [5.41, 5.74) is 2.46. The molecule has 0 saturated heterocycles. The number of aromatic nitrogens is 1. The Morgan fingerprint density at radius 1 is 1.27 bits per heavy atom. The Morgan fingerprint density at radius 2 is 2.04 bits per heavy atom. The molecule has 1 aromatic heterocycles. The summed E-state index contributed by atoms with van der Waals surface area (Å²) in [5, 5.41) is 12.4. The van der Waals surface area contributed by atoms with Crippen LogP contribution in [0.25, 0.3) is 10.9 Å². The Kier molecular flexibility index (Phi) is 5.64. The summed E-state index contributed by atoms with van der Waals surface area (Å²) >= 11 is 6.93. The van der Waals surface area contributed by atoms with Crippen molar-refractivity contribution >= 4 is 42.8 Å². The lowest BCUT2D eigenvalue weighted by Crippen LogP contribution is -2.15. The molecule has 0 bridgehead atoms. The summed E-state index contributed by atoms with van der Waals surface area (Å²) in [6, 6.07) is 11.4. The number of ether oxygens (including phenoxy) is 1. The second-order valence-electron chi connectivity index (χ2n) is 5.66. The smallest absolute Gasteiger partial charge is 0.214 e. The molecule has 132 valence electrons. The first kappa shape index (κ1) is 18.5. The molecular formula is C19H14Br2N2O3. The van der Waals surface area contributed by atoms with Crippen molar-refractivity contribution in [1.29, 1.82) is 0 Å². The van der Waals surface area contributed by atoms with Gasteiger partial charge in [-0.2, -0.15) is 0 Å². The fourth-order valence-electron chi connectivity index (χ4n) is 3.00. The van der Waals surface area contributed by atoms with E-state index >= 15 is 0 Å². The fourth-order valence-corrected chi connectivity index (χ4v) is 4.37. The monoisotopic (exact) mass is 476 g/mol. The van der Waals surface area contributed by atoms with E-state index in [4.69, 9.17) is 11.2 Å². The zero-order valence-electron chi connectivity index (χ0n) is 13.5. The molecule has 2 aromatic carbocycles. The molecule has 26 heavy (non-hydrogen) atoms. The van der Waals surface area contributed by atoms with Crippen LogP contribution in [0.3, 0.4) is 0 Å². The summed E-state index contributed by atoms with van der Waals surface area (Å²) in [6.45, 7) is -0.191. The number of hydrogen-bond donors (Lipinski definition) is 1. The van der Waals surface area contributed by atoms with Crippen LogP contribution in [0.2, 0.25) is 0 Å². The third-order valence-corrected chi connectivity index (χ3v) is 5.09. The van der Waals surface area contributed by atoms with E-state index in [1.807, 2.05) is 42.6 Å². The number of H-pyrrole nitrogens is 1. The highest BCUT2D eigenvalue weighted by Crippen LogP contribution is 2.41. The van der Waals surface area contributed by atoms with E-state index in [9.17, 15) is 10.1 Å². The number of fused-ring (bicyclic) bond motifs is 1. The summed E-state index contributed by atoms with van der Waals surface area (Å²) in [5.74, 6) is 2.45. The van der Waals surface area contributed by atoms with Gasteiger partial charge in [0, 0.05) is 32.1 Å². The van der Waals surface area contributed by atoms with E-state index in [1.165, 1.54) is 0 Å². The fraction of sp³-hybridized carbons (Fsp3) is 0.158. The SMILES string of the molecule is C#CCOc1c(Br)cc(Br)cc1[C@@H](C[N+](=O)[O-])c1c[nH]c2ccccc12. The van der Waals surface area contributed by atoms with Gasteiger partial charge in [0.25, 0.3) is 0 Å². The molecule has 5 nitrogen and oxygen atoms in total. The zero-order chi connectivity index (χ0) is 18.7. The lowest BCUT2D eigenvalue weighted by atomic mass is 9.90. The Bertz CT molecular complexity index is 1010. The minimum absolute atomic E-state index is 0.0757. The van der Waals surface area contributed by atoms with Crippen LogP contribution in [0.5, 0.6) is 5.75 Å². The molecule has 1 heterocycles. The Morgan fingerprint density at radius 3 is 2.77 bits per heavy atom. The van der Waals surface area contributed by atoms with Crippen molar-refractivity contribution in [2.45, 2.75) is 5.92 Å². The van der Waals surface area contributed by atoms with Crippen LogP contribution in [0.15, 0.2) is 51.5 Å². The van der Waals surface area contributed by atoms with E-state index in [1.54, 1.807) is 0 Å². The highest BCUT2D eigenvalue weighted by Gasteiger charge is 2.28. The topological polar surface area (TPSA) is 68.2 Å². The van der Waals surface area contributed by atoms with Crippen molar-refractivity contribution in [3.63, 3.8) is 0 Å². The van der Waals surface area contributed by atoms with Crippen LogP contribution in [-0.4, -0.2) is 23.1 Å².